The average molecular weight is 434 g/mol. The predicted molar refractivity (Wildman–Crippen MR) is 84.1 cm³/mol. The molecule has 0 N–H and O–H groups in total. The van der Waals surface area contributed by atoms with Gasteiger partial charge >= 0.3 is 0 Å². The maximum absolute atomic E-state index is 9.18. The van der Waals surface area contributed by atoms with E-state index in [0.29, 0.717) is 16.4 Å². The summed E-state index contributed by atoms with van der Waals surface area (Å²) in [5, 5.41) is 9.82. The number of hydrogen-bond donors (Lipinski definition) is 0. The van der Waals surface area contributed by atoms with Crippen molar-refractivity contribution in [3.63, 3.8) is 0 Å². The van der Waals surface area contributed by atoms with Crippen molar-refractivity contribution in [1.29, 1.82) is 5.26 Å². The summed E-state index contributed by atoms with van der Waals surface area (Å²) < 4.78 is 7.11. The lowest BCUT2D eigenvalue weighted by molar-refractivity contribution is 0.527. The van der Waals surface area contributed by atoms with Gasteiger partial charge in [-0.2, -0.15) is 5.26 Å². The van der Waals surface area contributed by atoms with Crippen LogP contribution in [0.3, 0.4) is 0 Å². The monoisotopic (exact) mass is 433 g/mol. The van der Waals surface area contributed by atoms with Gasteiger partial charge in [-0.3, -0.25) is 0 Å². The Labute approximate surface area is 132 Å². The summed E-state index contributed by atoms with van der Waals surface area (Å²) in [6.07, 6.45) is 1.70. The van der Waals surface area contributed by atoms with E-state index in [1.54, 1.807) is 30.3 Å². The van der Waals surface area contributed by atoms with Crippen molar-refractivity contribution >= 4 is 61.8 Å². The van der Waals surface area contributed by atoms with Gasteiger partial charge in [0.25, 0.3) is 0 Å². The number of nitriles is 1. The summed E-state index contributed by atoms with van der Waals surface area (Å²) in [5.41, 5.74) is 1.34. The van der Waals surface area contributed by atoms with Gasteiger partial charge in [-0.15, -0.1) is 0 Å². The number of hydrogen-bond acceptors (Lipinski definition) is 2. The molecule has 0 saturated heterocycles. The molecule has 90 valence electrons. The van der Waals surface area contributed by atoms with Gasteiger partial charge < -0.3 is 4.42 Å². The van der Waals surface area contributed by atoms with E-state index < -0.39 is 0 Å². The summed E-state index contributed by atoms with van der Waals surface area (Å²) in [6.45, 7) is 0. The Morgan fingerprint density at radius 1 is 1.39 bits per heavy atom. The van der Waals surface area contributed by atoms with Crippen molar-refractivity contribution in [2.24, 2.45) is 0 Å². The van der Waals surface area contributed by atoms with Gasteiger partial charge in [-0.25, -0.2) is 0 Å². The quantitative estimate of drug-likeness (QED) is 0.471. The van der Waals surface area contributed by atoms with Crippen LogP contribution in [0.4, 0.5) is 0 Å². The standard InChI is InChI=1S/C13H6BrClINO/c14-12-6-11(18-13(12)16)5-9(7-17)8-1-3-10(15)4-2-8/h1-6H/b9-5-. The molecule has 0 fully saturated rings. The lowest BCUT2D eigenvalue weighted by Gasteiger charge is -1.98. The molecule has 2 aromatic rings. The molecule has 0 atom stereocenters. The van der Waals surface area contributed by atoms with Gasteiger partial charge in [-0.1, -0.05) is 23.7 Å². The molecule has 0 bridgehead atoms. The van der Waals surface area contributed by atoms with Crippen LogP contribution in [0.15, 0.2) is 39.2 Å². The average Bonchev–Trinajstić information content (AvgIpc) is 2.67. The van der Waals surface area contributed by atoms with Crippen molar-refractivity contribution in [1.82, 2.24) is 0 Å². The molecule has 0 aliphatic carbocycles. The minimum absolute atomic E-state index is 0.532. The second-order valence-corrected chi connectivity index (χ2v) is 5.72. The van der Waals surface area contributed by atoms with Crippen LogP contribution in [0.2, 0.25) is 5.02 Å². The number of benzene rings is 1. The second-order valence-electron chi connectivity index (χ2n) is 3.45. The summed E-state index contributed by atoms with van der Waals surface area (Å²) in [5.74, 6) is 0.637. The third-order valence-corrected chi connectivity index (χ3v) is 4.61. The second kappa shape index (κ2) is 5.91. The molecular weight excluding hydrogens is 428 g/mol. The fraction of sp³-hybridized carbons (Fsp3) is 0. The summed E-state index contributed by atoms with van der Waals surface area (Å²) >= 11 is 11.3. The van der Waals surface area contributed by atoms with Crippen LogP contribution in [0.1, 0.15) is 11.3 Å². The number of allylic oxidation sites excluding steroid dienone is 1. The maximum Gasteiger partial charge on any atom is 0.178 e. The van der Waals surface area contributed by atoms with Crippen LogP contribution < -0.4 is 0 Å². The van der Waals surface area contributed by atoms with Crippen LogP contribution in [-0.4, -0.2) is 0 Å². The molecule has 1 heterocycles. The van der Waals surface area contributed by atoms with E-state index in [4.69, 9.17) is 16.0 Å². The molecule has 2 nitrogen and oxygen atoms in total. The van der Waals surface area contributed by atoms with E-state index in [1.807, 2.05) is 6.07 Å². The first kappa shape index (κ1) is 13.7. The minimum atomic E-state index is 0.532. The third kappa shape index (κ3) is 3.16. The zero-order valence-electron chi connectivity index (χ0n) is 8.95. The zero-order chi connectivity index (χ0) is 13.1. The van der Waals surface area contributed by atoms with E-state index in [9.17, 15) is 5.26 Å². The highest BCUT2D eigenvalue weighted by Crippen LogP contribution is 2.26. The molecule has 0 spiro atoms. The van der Waals surface area contributed by atoms with Crippen LogP contribution in [-0.2, 0) is 0 Å². The predicted octanol–water partition coefficient (Wildman–Crippen LogP) is 5.36. The Morgan fingerprint density at radius 3 is 2.56 bits per heavy atom. The SMILES string of the molecule is N#C/C(=C/c1cc(Br)c(I)o1)c1ccc(Cl)cc1. The van der Waals surface area contributed by atoms with Gasteiger partial charge in [0, 0.05) is 27.6 Å². The van der Waals surface area contributed by atoms with Crippen molar-refractivity contribution < 1.29 is 4.42 Å². The molecule has 2 rings (SSSR count). The van der Waals surface area contributed by atoms with Gasteiger partial charge in [-0.05, 0) is 45.8 Å². The molecule has 0 amide bonds. The van der Waals surface area contributed by atoms with Gasteiger partial charge in [0.15, 0.2) is 3.77 Å². The van der Waals surface area contributed by atoms with Crippen molar-refractivity contribution in [3.8, 4) is 6.07 Å². The van der Waals surface area contributed by atoms with Crippen LogP contribution in [0.25, 0.3) is 11.6 Å². The zero-order valence-corrected chi connectivity index (χ0v) is 13.5. The molecule has 1 aromatic carbocycles. The first-order valence-corrected chi connectivity index (χ1v) is 7.17. The van der Waals surface area contributed by atoms with Gasteiger partial charge in [0.05, 0.1) is 16.1 Å². The van der Waals surface area contributed by atoms with Crippen LogP contribution in [0, 0.1) is 15.1 Å². The molecule has 0 saturated carbocycles. The topological polar surface area (TPSA) is 36.9 Å². The summed E-state index contributed by atoms with van der Waals surface area (Å²) in [4.78, 5) is 0. The molecule has 5 heteroatoms. The third-order valence-electron chi connectivity index (χ3n) is 2.23. The first-order valence-electron chi connectivity index (χ1n) is 4.92. The molecule has 1 aromatic heterocycles. The molecule has 0 radical (unpaired) electrons. The number of nitrogens with zero attached hydrogens (tertiary/aromatic N) is 1. The Hall–Kier alpha value is -0.770. The molecule has 18 heavy (non-hydrogen) atoms. The molecule has 0 unspecified atom stereocenters. The normalized spacial score (nSPS) is 11.3. The van der Waals surface area contributed by atoms with Crippen molar-refractivity contribution in [3.05, 3.63) is 54.9 Å². The summed E-state index contributed by atoms with van der Waals surface area (Å²) in [7, 11) is 0. The molecular formula is C13H6BrClINO. The van der Waals surface area contributed by atoms with E-state index in [-0.39, 0.29) is 0 Å². The van der Waals surface area contributed by atoms with E-state index >= 15 is 0 Å². The fourth-order valence-electron chi connectivity index (χ4n) is 1.39. The number of furan rings is 1. The minimum Gasteiger partial charge on any atom is -0.450 e. The Balaban J connectivity index is 2.40. The maximum atomic E-state index is 9.18. The summed E-state index contributed by atoms with van der Waals surface area (Å²) in [6, 6.07) is 11.1. The van der Waals surface area contributed by atoms with Gasteiger partial charge in [0.2, 0.25) is 0 Å². The number of halogens is 3. The van der Waals surface area contributed by atoms with E-state index in [2.05, 4.69) is 44.6 Å². The lowest BCUT2D eigenvalue weighted by Crippen LogP contribution is -1.80. The smallest absolute Gasteiger partial charge is 0.178 e. The highest BCUT2D eigenvalue weighted by Gasteiger charge is 2.06. The lowest BCUT2D eigenvalue weighted by atomic mass is 10.1. The number of rotatable bonds is 2. The molecule has 0 aliphatic rings. The van der Waals surface area contributed by atoms with Gasteiger partial charge in [0.1, 0.15) is 5.76 Å². The van der Waals surface area contributed by atoms with E-state index in [1.165, 1.54) is 0 Å². The van der Waals surface area contributed by atoms with Crippen LogP contribution >= 0.6 is 50.1 Å². The highest BCUT2D eigenvalue weighted by molar-refractivity contribution is 14.1. The Bertz CT molecular complexity index is 621. The fourth-order valence-corrected chi connectivity index (χ4v) is 2.23. The highest BCUT2D eigenvalue weighted by atomic mass is 127. The van der Waals surface area contributed by atoms with E-state index in [0.717, 1.165) is 13.8 Å². The molecule has 0 aliphatic heterocycles. The Kier molecular flexibility index (Phi) is 4.49. The largest absolute Gasteiger partial charge is 0.450 e. The van der Waals surface area contributed by atoms with Crippen molar-refractivity contribution in [2.75, 3.05) is 0 Å². The first-order chi connectivity index (χ1) is 8.60. The Morgan fingerprint density at radius 2 is 2.06 bits per heavy atom. The van der Waals surface area contributed by atoms with Crippen molar-refractivity contribution in [2.45, 2.75) is 0 Å². The van der Waals surface area contributed by atoms with Crippen LogP contribution in [0.5, 0.6) is 0 Å².